The summed E-state index contributed by atoms with van der Waals surface area (Å²) in [6, 6.07) is 0. The molecule has 1 amide bonds. The molecule has 32 heavy (non-hydrogen) atoms. The zero-order chi connectivity index (χ0) is 26.0. The Morgan fingerprint density at radius 3 is 1.72 bits per heavy atom. The van der Waals surface area contributed by atoms with Gasteiger partial charge in [-0.15, -0.1) is 0 Å². The molecule has 0 saturated carbocycles. The summed E-state index contributed by atoms with van der Waals surface area (Å²) in [5, 5.41) is 0. The lowest BCUT2D eigenvalue weighted by molar-refractivity contribution is -0.811. The zero-order valence-electron chi connectivity index (χ0n) is 16.3. The third-order valence-electron chi connectivity index (χ3n) is 4.21. The average Bonchev–Trinajstić information content (AvgIpc) is 2.57. The molecule has 0 saturated heterocycles. The second-order valence-corrected chi connectivity index (χ2v) is 9.92. The van der Waals surface area contributed by atoms with Crippen molar-refractivity contribution < 1.29 is 70.5 Å². The molecular formula is C14H19F11NO4S2+. The van der Waals surface area contributed by atoms with Gasteiger partial charge in [0, 0.05) is 12.2 Å². The molecule has 0 radical (unpaired) electrons. The molecule has 0 aliphatic rings. The summed E-state index contributed by atoms with van der Waals surface area (Å²) in [7, 11) is -1.93. The van der Waals surface area contributed by atoms with Crippen molar-refractivity contribution in [1.82, 2.24) is 0 Å². The van der Waals surface area contributed by atoms with E-state index >= 15 is 0 Å². The number of rotatable bonds is 12. The average molecular weight is 538 g/mol. The van der Waals surface area contributed by atoms with Gasteiger partial charge in [-0.2, -0.15) is 68.5 Å². The van der Waals surface area contributed by atoms with Crippen LogP contribution in [-0.4, -0.2) is 91.1 Å². The van der Waals surface area contributed by atoms with Gasteiger partial charge in [0.25, 0.3) is 10.1 Å². The Morgan fingerprint density at radius 1 is 0.844 bits per heavy atom. The first kappa shape index (κ1) is 31.1. The fourth-order valence-corrected chi connectivity index (χ4v) is 3.61. The first-order valence-corrected chi connectivity index (χ1v) is 11.1. The van der Waals surface area contributed by atoms with E-state index in [9.17, 15) is 61.5 Å². The van der Waals surface area contributed by atoms with Crippen molar-refractivity contribution in [2.75, 3.05) is 37.9 Å². The fourth-order valence-electron chi connectivity index (χ4n) is 1.99. The van der Waals surface area contributed by atoms with Crippen LogP contribution in [0.15, 0.2) is 0 Å². The van der Waals surface area contributed by atoms with E-state index in [0.29, 0.717) is 11.8 Å². The second kappa shape index (κ2) is 9.77. The van der Waals surface area contributed by atoms with Crippen LogP contribution in [-0.2, 0) is 14.9 Å². The number of alkyl halides is 11. The Bertz CT molecular complexity index is 767. The highest BCUT2D eigenvalue weighted by Gasteiger charge is 2.86. The third-order valence-corrected chi connectivity index (χ3v) is 5.89. The SMILES string of the molecule is C[N+](C)(CCS(=O)(=O)O)C(=O)CCSCCC(F)(F)C(F)(F)C(F)(F)C(F)(F)C(F)(F)F. The van der Waals surface area contributed by atoms with Crippen LogP contribution in [0.5, 0.6) is 0 Å². The predicted octanol–water partition coefficient (Wildman–Crippen LogP) is 4.09. The smallest absolute Gasteiger partial charge is 0.285 e. The number of amides is 1. The van der Waals surface area contributed by atoms with Crippen molar-refractivity contribution in [3.05, 3.63) is 0 Å². The second-order valence-electron chi connectivity index (χ2n) is 7.13. The molecular weight excluding hydrogens is 519 g/mol. The summed E-state index contributed by atoms with van der Waals surface area (Å²) in [5.41, 5.74) is 0. The lowest BCUT2D eigenvalue weighted by atomic mass is 9.96. The minimum Gasteiger partial charge on any atom is -0.285 e. The quantitative estimate of drug-likeness (QED) is 0.176. The monoisotopic (exact) mass is 538 g/mol. The van der Waals surface area contributed by atoms with Crippen LogP contribution >= 0.6 is 11.8 Å². The van der Waals surface area contributed by atoms with Gasteiger partial charge in [-0.05, 0) is 5.75 Å². The van der Waals surface area contributed by atoms with Gasteiger partial charge in [0.1, 0.15) is 12.3 Å². The Kier molecular flexibility index (Phi) is 9.50. The Labute approximate surface area is 179 Å². The molecule has 0 bridgehead atoms. The molecule has 0 rings (SSSR count). The number of carbonyl (C=O) groups is 1. The molecule has 0 aromatic heterocycles. The van der Waals surface area contributed by atoms with Crippen LogP contribution in [0.3, 0.4) is 0 Å². The van der Waals surface area contributed by atoms with Gasteiger partial charge in [-0.1, -0.05) is 0 Å². The number of halogens is 11. The van der Waals surface area contributed by atoms with Crippen molar-refractivity contribution in [1.29, 1.82) is 0 Å². The highest BCUT2D eigenvalue weighted by atomic mass is 32.2. The molecule has 0 atom stereocenters. The standard InChI is InChI=1S/C14H18F11NO4S2/c1-26(2,5-8-32(28,29)30)9(27)3-6-31-7-4-10(15,16)11(17,18)12(19,20)13(21,22)14(23,24)25/h3-8H2,1-2H3/p+1. The van der Waals surface area contributed by atoms with E-state index < -0.39 is 74.7 Å². The van der Waals surface area contributed by atoms with Gasteiger partial charge in [-0.3, -0.25) is 9.04 Å². The van der Waals surface area contributed by atoms with Gasteiger partial charge < -0.3 is 0 Å². The Morgan fingerprint density at radius 2 is 1.31 bits per heavy atom. The summed E-state index contributed by atoms with van der Waals surface area (Å²) < 4.78 is 171. The molecule has 0 aromatic carbocycles. The first-order chi connectivity index (χ1) is 13.8. The normalized spacial score (nSPS) is 15.2. The van der Waals surface area contributed by atoms with Gasteiger partial charge in [0.05, 0.1) is 20.5 Å². The van der Waals surface area contributed by atoms with Crippen LogP contribution in [0.25, 0.3) is 0 Å². The van der Waals surface area contributed by atoms with Crippen molar-refractivity contribution in [2.24, 2.45) is 0 Å². The van der Waals surface area contributed by atoms with Crippen molar-refractivity contribution >= 4 is 27.8 Å². The summed E-state index contributed by atoms with van der Waals surface area (Å²) in [6.07, 6.45) is -9.87. The van der Waals surface area contributed by atoms with Crippen LogP contribution in [0.1, 0.15) is 12.8 Å². The number of hydrogen-bond acceptors (Lipinski definition) is 4. The van der Waals surface area contributed by atoms with Crippen LogP contribution in [0.4, 0.5) is 48.3 Å². The minimum absolute atomic E-state index is 0.322. The van der Waals surface area contributed by atoms with Crippen molar-refractivity contribution in [3.8, 4) is 0 Å². The summed E-state index contributed by atoms with van der Waals surface area (Å²) in [6.45, 7) is -0.380. The van der Waals surface area contributed by atoms with Gasteiger partial charge in [0.2, 0.25) is 0 Å². The minimum atomic E-state index is -7.45. The first-order valence-electron chi connectivity index (χ1n) is 8.31. The highest BCUT2D eigenvalue weighted by molar-refractivity contribution is 7.99. The van der Waals surface area contributed by atoms with E-state index in [-0.39, 0.29) is 12.3 Å². The molecule has 0 spiro atoms. The molecule has 0 aliphatic carbocycles. The molecule has 0 aromatic rings. The molecule has 0 aliphatic heterocycles. The molecule has 0 fully saturated rings. The lowest BCUT2D eigenvalue weighted by Gasteiger charge is -2.37. The number of thioether (sulfide) groups is 1. The van der Waals surface area contributed by atoms with Gasteiger partial charge >= 0.3 is 35.8 Å². The van der Waals surface area contributed by atoms with E-state index in [2.05, 4.69) is 0 Å². The van der Waals surface area contributed by atoms with Crippen LogP contribution in [0, 0.1) is 0 Å². The van der Waals surface area contributed by atoms with E-state index in [4.69, 9.17) is 4.55 Å². The van der Waals surface area contributed by atoms with Crippen LogP contribution < -0.4 is 0 Å². The highest BCUT2D eigenvalue weighted by Crippen LogP contribution is 2.58. The molecule has 5 nitrogen and oxygen atoms in total. The maximum absolute atomic E-state index is 13.5. The Balaban J connectivity index is 4.97. The van der Waals surface area contributed by atoms with Gasteiger partial charge in [-0.25, -0.2) is 4.79 Å². The molecule has 18 heteroatoms. The summed E-state index contributed by atoms with van der Waals surface area (Å²) in [4.78, 5) is 12.0. The number of nitrogens with zero attached hydrogens (tertiary/aromatic N) is 1. The molecule has 0 heterocycles. The molecule has 1 N–H and O–H groups in total. The number of quaternary nitrogens is 1. The Hall–Kier alpha value is -0.880. The van der Waals surface area contributed by atoms with E-state index in [1.807, 2.05) is 0 Å². The van der Waals surface area contributed by atoms with E-state index in [1.54, 1.807) is 0 Å². The zero-order valence-corrected chi connectivity index (χ0v) is 18.0. The largest absolute Gasteiger partial charge is 0.460 e. The van der Waals surface area contributed by atoms with Crippen molar-refractivity contribution in [3.63, 3.8) is 0 Å². The molecule has 192 valence electrons. The van der Waals surface area contributed by atoms with Gasteiger partial charge in [0.15, 0.2) is 0 Å². The summed E-state index contributed by atoms with van der Waals surface area (Å²) in [5.74, 6) is -30.8. The predicted molar refractivity (Wildman–Crippen MR) is 90.8 cm³/mol. The summed E-state index contributed by atoms with van der Waals surface area (Å²) >= 11 is 0.322. The third kappa shape index (κ3) is 7.06. The fraction of sp³-hybridized carbons (Fsp3) is 0.929. The lowest BCUT2D eigenvalue weighted by Crippen LogP contribution is -2.66. The number of hydrogen-bond donors (Lipinski definition) is 1. The maximum Gasteiger partial charge on any atom is 0.460 e. The number of carbonyl (C=O) groups excluding carboxylic acids is 1. The topological polar surface area (TPSA) is 71.4 Å². The van der Waals surface area contributed by atoms with E-state index in [0.717, 1.165) is 0 Å². The molecule has 0 unspecified atom stereocenters. The van der Waals surface area contributed by atoms with Crippen LogP contribution in [0.2, 0.25) is 0 Å². The van der Waals surface area contributed by atoms with E-state index in [1.165, 1.54) is 14.1 Å². The van der Waals surface area contributed by atoms with Crippen molar-refractivity contribution in [2.45, 2.75) is 42.7 Å². The maximum atomic E-state index is 13.5.